The number of aryl methyl sites for hydroxylation is 1. The zero-order chi connectivity index (χ0) is 17.3. The molecule has 0 saturated heterocycles. The topological polar surface area (TPSA) is 84.7 Å². The minimum absolute atomic E-state index is 0.109. The Morgan fingerprint density at radius 2 is 2.21 bits per heavy atom. The summed E-state index contributed by atoms with van der Waals surface area (Å²) in [6.45, 7) is 1.61. The molecule has 7 nitrogen and oxygen atoms in total. The van der Waals surface area contributed by atoms with Gasteiger partial charge in [0.15, 0.2) is 11.9 Å². The average molecular weight is 350 g/mol. The number of nitrogens with zero attached hydrogens (tertiary/aromatic N) is 2. The van der Waals surface area contributed by atoms with E-state index in [1.54, 1.807) is 38.2 Å². The van der Waals surface area contributed by atoms with Crippen LogP contribution in [0.3, 0.4) is 0 Å². The Hall–Kier alpha value is -2.54. The number of hydrogen-bond donors (Lipinski definition) is 1. The number of ether oxygens (including phenoxy) is 1. The Balaban J connectivity index is 1.56. The standard InChI is InChI=1S/C16H16ClN3O4/c1-9-5-14(19-24-9)18-15(21)8-20(2)16(22)13-7-10-6-11(17)3-4-12(10)23-13/h3-6,13H,7-8H2,1-2H3,(H,18,19,21). The molecule has 1 aromatic heterocycles. The normalized spacial score (nSPS) is 15.5. The number of nitrogens with one attached hydrogen (secondary N) is 1. The smallest absolute Gasteiger partial charge is 0.264 e. The predicted octanol–water partition coefficient (Wildman–Crippen LogP) is 2.04. The van der Waals surface area contributed by atoms with Crippen molar-refractivity contribution in [1.82, 2.24) is 10.1 Å². The Morgan fingerprint density at radius 3 is 2.92 bits per heavy atom. The van der Waals surface area contributed by atoms with Crippen LogP contribution in [0.15, 0.2) is 28.8 Å². The third-order valence-electron chi connectivity index (χ3n) is 3.62. The van der Waals surface area contributed by atoms with E-state index in [4.69, 9.17) is 20.9 Å². The molecule has 0 fully saturated rings. The van der Waals surface area contributed by atoms with Crippen molar-refractivity contribution in [2.45, 2.75) is 19.4 Å². The van der Waals surface area contributed by atoms with Gasteiger partial charge in [-0.3, -0.25) is 9.59 Å². The monoisotopic (exact) mass is 349 g/mol. The summed E-state index contributed by atoms with van der Waals surface area (Å²) in [5.41, 5.74) is 0.886. The zero-order valence-electron chi connectivity index (χ0n) is 13.2. The number of carbonyl (C=O) groups excluding carboxylic acids is 2. The number of halogens is 1. The van der Waals surface area contributed by atoms with Gasteiger partial charge in [0.1, 0.15) is 11.5 Å². The molecule has 2 amide bonds. The van der Waals surface area contributed by atoms with E-state index in [0.29, 0.717) is 28.8 Å². The second-order valence-electron chi connectivity index (χ2n) is 5.63. The van der Waals surface area contributed by atoms with E-state index in [1.807, 2.05) is 0 Å². The molecule has 8 heteroatoms. The molecule has 0 spiro atoms. The molecule has 1 aliphatic rings. The molecule has 0 bridgehead atoms. The molecule has 3 rings (SSSR count). The molecule has 0 aliphatic carbocycles. The summed E-state index contributed by atoms with van der Waals surface area (Å²) in [5.74, 6) is 0.920. The molecule has 1 aromatic carbocycles. The summed E-state index contributed by atoms with van der Waals surface area (Å²) in [6.07, 6.45) is -0.214. The van der Waals surface area contributed by atoms with Crippen LogP contribution in [-0.2, 0) is 16.0 Å². The fourth-order valence-electron chi connectivity index (χ4n) is 2.50. The van der Waals surface area contributed by atoms with Gasteiger partial charge in [-0.1, -0.05) is 16.8 Å². The first-order chi connectivity index (χ1) is 11.4. The highest BCUT2D eigenvalue weighted by atomic mass is 35.5. The number of rotatable bonds is 4. The van der Waals surface area contributed by atoms with E-state index in [-0.39, 0.29) is 18.4 Å². The first-order valence-electron chi connectivity index (χ1n) is 7.35. The van der Waals surface area contributed by atoms with Gasteiger partial charge in [-0.2, -0.15) is 0 Å². The number of amides is 2. The van der Waals surface area contributed by atoms with Crippen molar-refractivity contribution >= 4 is 29.2 Å². The molecular weight excluding hydrogens is 334 g/mol. The SMILES string of the molecule is Cc1cc(NC(=O)CN(C)C(=O)C2Cc3cc(Cl)ccc3O2)no1. The third kappa shape index (κ3) is 3.51. The number of hydrogen-bond acceptors (Lipinski definition) is 5. The number of anilines is 1. The number of aromatic nitrogens is 1. The fourth-order valence-corrected chi connectivity index (χ4v) is 2.70. The van der Waals surface area contributed by atoms with Crippen molar-refractivity contribution < 1.29 is 18.8 Å². The van der Waals surface area contributed by atoms with Gasteiger partial charge in [0.25, 0.3) is 5.91 Å². The van der Waals surface area contributed by atoms with E-state index < -0.39 is 6.10 Å². The van der Waals surface area contributed by atoms with Crippen LogP contribution >= 0.6 is 11.6 Å². The van der Waals surface area contributed by atoms with Gasteiger partial charge in [-0.05, 0) is 30.7 Å². The van der Waals surface area contributed by atoms with Gasteiger partial charge in [-0.25, -0.2) is 0 Å². The van der Waals surface area contributed by atoms with Crippen LogP contribution in [-0.4, -0.2) is 41.6 Å². The van der Waals surface area contributed by atoms with Gasteiger partial charge >= 0.3 is 0 Å². The summed E-state index contributed by atoms with van der Waals surface area (Å²) < 4.78 is 10.5. The number of benzene rings is 1. The van der Waals surface area contributed by atoms with E-state index >= 15 is 0 Å². The minimum Gasteiger partial charge on any atom is -0.480 e. The Labute approximate surface area is 143 Å². The summed E-state index contributed by atoms with van der Waals surface area (Å²) in [4.78, 5) is 25.7. The van der Waals surface area contributed by atoms with Crippen LogP contribution in [0.1, 0.15) is 11.3 Å². The highest BCUT2D eigenvalue weighted by molar-refractivity contribution is 6.30. The van der Waals surface area contributed by atoms with Gasteiger partial charge in [0.05, 0.1) is 6.54 Å². The highest BCUT2D eigenvalue weighted by Gasteiger charge is 2.32. The van der Waals surface area contributed by atoms with Crippen LogP contribution in [0.2, 0.25) is 5.02 Å². The summed E-state index contributed by atoms with van der Waals surface area (Å²) >= 11 is 5.94. The predicted molar refractivity (Wildman–Crippen MR) is 87.1 cm³/mol. The maximum Gasteiger partial charge on any atom is 0.264 e. The van der Waals surface area contributed by atoms with Gasteiger partial charge in [-0.15, -0.1) is 0 Å². The van der Waals surface area contributed by atoms with Crippen LogP contribution in [0.25, 0.3) is 0 Å². The molecule has 126 valence electrons. The van der Waals surface area contributed by atoms with Crippen molar-refractivity contribution in [3.05, 3.63) is 40.6 Å². The largest absolute Gasteiger partial charge is 0.480 e. The maximum atomic E-state index is 12.4. The summed E-state index contributed by atoms with van der Waals surface area (Å²) in [6, 6.07) is 6.83. The van der Waals surface area contributed by atoms with Crippen LogP contribution < -0.4 is 10.1 Å². The molecule has 1 aliphatic heterocycles. The molecule has 1 atom stereocenters. The van der Waals surface area contributed by atoms with E-state index in [0.717, 1.165) is 5.56 Å². The van der Waals surface area contributed by atoms with Gasteiger partial charge < -0.3 is 19.5 Å². The quantitative estimate of drug-likeness (QED) is 0.913. The summed E-state index contributed by atoms with van der Waals surface area (Å²) in [5, 5.41) is 6.84. The molecular formula is C16H16ClN3O4. The Morgan fingerprint density at radius 1 is 1.42 bits per heavy atom. The van der Waals surface area contributed by atoms with Crippen LogP contribution in [0.4, 0.5) is 5.82 Å². The highest BCUT2D eigenvalue weighted by Crippen LogP contribution is 2.31. The van der Waals surface area contributed by atoms with Crippen molar-refractivity contribution in [3.63, 3.8) is 0 Å². The molecule has 2 aromatic rings. The average Bonchev–Trinajstić information content (AvgIpc) is 3.11. The van der Waals surface area contributed by atoms with Crippen molar-refractivity contribution in [3.8, 4) is 5.75 Å². The Kier molecular flexibility index (Phi) is 4.44. The number of carbonyl (C=O) groups is 2. The molecule has 1 unspecified atom stereocenters. The molecule has 0 radical (unpaired) electrons. The van der Waals surface area contributed by atoms with Crippen LogP contribution in [0.5, 0.6) is 5.75 Å². The molecule has 2 heterocycles. The lowest BCUT2D eigenvalue weighted by atomic mass is 10.1. The zero-order valence-corrected chi connectivity index (χ0v) is 14.0. The van der Waals surface area contributed by atoms with E-state index in [9.17, 15) is 9.59 Å². The lowest BCUT2D eigenvalue weighted by Crippen LogP contribution is -2.42. The third-order valence-corrected chi connectivity index (χ3v) is 3.86. The lowest BCUT2D eigenvalue weighted by molar-refractivity contribution is -0.139. The first kappa shape index (κ1) is 16.3. The van der Waals surface area contributed by atoms with E-state index in [2.05, 4.69) is 10.5 Å². The van der Waals surface area contributed by atoms with E-state index in [1.165, 1.54) is 4.90 Å². The van der Waals surface area contributed by atoms with Crippen LogP contribution in [0, 0.1) is 6.92 Å². The van der Waals surface area contributed by atoms with Gasteiger partial charge in [0, 0.05) is 24.6 Å². The second kappa shape index (κ2) is 6.52. The minimum atomic E-state index is -0.648. The molecule has 1 N–H and O–H groups in total. The summed E-state index contributed by atoms with van der Waals surface area (Å²) in [7, 11) is 1.55. The Bertz CT molecular complexity index is 789. The number of fused-ring (bicyclic) bond motifs is 1. The van der Waals surface area contributed by atoms with Gasteiger partial charge in [0.2, 0.25) is 5.91 Å². The fraction of sp³-hybridized carbons (Fsp3) is 0.312. The first-order valence-corrected chi connectivity index (χ1v) is 7.73. The second-order valence-corrected chi connectivity index (χ2v) is 6.06. The lowest BCUT2D eigenvalue weighted by Gasteiger charge is -2.20. The number of likely N-dealkylation sites (N-methyl/N-ethyl adjacent to an activating group) is 1. The van der Waals surface area contributed by atoms with Crippen molar-refractivity contribution in [1.29, 1.82) is 0 Å². The maximum absolute atomic E-state index is 12.4. The van der Waals surface area contributed by atoms with Crippen molar-refractivity contribution in [2.75, 3.05) is 18.9 Å². The molecule has 0 saturated carbocycles. The molecule has 24 heavy (non-hydrogen) atoms. The van der Waals surface area contributed by atoms with Crippen molar-refractivity contribution in [2.24, 2.45) is 0 Å².